The minimum atomic E-state index is -3.48. The highest BCUT2D eigenvalue weighted by Gasteiger charge is 2.51. The van der Waals surface area contributed by atoms with Gasteiger partial charge < -0.3 is 10.5 Å². The molecule has 0 saturated carbocycles. The Bertz CT molecular complexity index is 1240. The van der Waals surface area contributed by atoms with Crippen molar-refractivity contribution >= 4 is 27.9 Å². The molecule has 0 unspecified atom stereocenters. The van der Waals surface area contributed by atoms with E-state index in [0.29, 0.717) is 11.8 Å². The van der Waals surface area contributed by atoms with Crippen molar-refractivity contribution in [3.63, 3.8) is 0 Å². The second kappa shape index (κ2) is 8.69. The van der Waals surface area contributed by atoms with Gasteiger partial charge in [0.25, 0.3) is 0 Å². The first-order chi connectivity index (χ1) is 15.9. The van der Waals surface area contributed by atoms with Gasteiger partial charge in [0, 0.05) is 18.0 Å². The number of fused-ring (bicyclic) bond motifs is 1. The van der Waals surface area contributed by atoms with Crippen LogP contribution in [0.1, 0.15) is 47.8 Å². The molecule has 2 heterocycles. The lowest BCUT2D eigenvalue weighted by Gasteiger charge is -2.34. The predicted molar refractivity (Wildman–Crippen MR) is 127 cm³/mol. The van der Waals surface area contributed by atoms with Crippen LogP contribution in [-0.2, 0) is 33.0 Å². The summed E-state index contributed by atoms with van der Waals surface area (Å²) >= 11 is 0. The van der Waals surface area contributed by atoms with E-state index in [-0.39, 0.29) is 41.1 Å². The number of hydrogen-bond donors (Lipinski definition) is 1. The summed E-state index contributed by atoms with van der Waals surface area (Å²) in [5.74, 6) is -1.68. The molecule has 0 aromatic heterocycles. The summed E-state index contributed by atoms with van der Waals surface area (Å²) in [6.45, 7) is 6.53. The molecular formula is C25H29FN2O5S. The molecule has 0 radical (unpaired) electrons. The highest BCUT2D eigenvalue weighted by molar-refractivity contribution is 7.91. The van der Waals surface area contributed by atoms with Crippen molar-refractivity contribution in [3.05, 3.63) is 64.5 Å². The average Bonchev–Trinajstić information content (AvgIpc) is 3.04. The molecule has 0 aliphatic carbocycles. The van der Waals surface area contributed by atoms with Crippen molar-refractivity contribution in [2.45, 2.75) is 51.3 Å². The van der Waals surface area contributed by atoms with Gasteiger partial charge in [-0.15, -0.1) is 0 Å². The van der Waals surface area contributed by atoms with Gasteiger partial charge in [0.15, 0.2) is 16.1 Å². The lowest BCUT2D eigenvalue weighted by Crippen LogP contribution is -2.51. The molecule has 2 fully saturated rings. The SMILES string of the molecule is CC(C)(C)c1cccc(CN2C(=O)O[C@H]3[C@H](Cc4cc(F)c(N)c(C=O)c4)CS(=O)(=O)C[C@@H]32)c1. The van der Waals surface area contributed by atoms with Gasteiger partial charge in [-0.05, 0) is 40.7 Å². The van der Waals surface area contributed by atoms with Gasteiger partial charge in [-0.2, -0.15) is 0 Å². The summed E-state index contributed by atoms with van der Waals surface area (Å²) in [6, 6.07) is 9.89. The number of aldehydes is 1. The molecule has 2 aromatic carbocycles. The Balaban J connectivity index is 1.61. The number of nitrogen functional groups attached to an aromatic ring is 1. The Morgan fingerprint density at radius 2 is 1.91 bits per heavy atom. The van der Waals surface area contributed by atoms with Crippen molar-refractivity contribution in [1.82, 2.24) is 4.90 Å². The smallest absolute Gasteiger partial charge is 0.410 e. The van der Waals surface area contributed by atoms with E-state index in [2.05, 4.69) is 20.8 Å². The third-order valence-corrected chi connectivity index (χ3v) is 8.39. The maximum atomic E-state index is 14.2. The summed E-state index contributed by atoms with van der Waals surface area (Å²) < 4.78 is 45.4. The molecule has 182 valence electrons. The molecule has 4 rings (SSSR count). The van der Waals surface area contributed by atoms with Gasteiger partial charge >= 0.3 is 6.09 Å². The van der Waals surface area contributed by atoms with Crippen molar-refractivity contribution in [2.75, 3.05) is 17.2 Å². The molecule has 2 N–H and O–H groups in total. The van der Waals surface area contributed by atoms with Crippen LogP contribution < -0.4 is 5.73 Å². The fourth-order valence-electron chi connectivity index (χ4n) is 4.83. The largest absolute Gasteiger partial charge is 0.444 e. The first-order valence-electron chi connectivity index (χ1n) is 11.2. The highest BCUT2D eigenvalue weighted by Crippen LogP contribution is 2.35. The fourth-order valence-corrected chi connectivity index (χ4v) is 6.81. The number of nitrogens with zero attached hydrogens (tertiary/aromatic N) is 1. The molecule has 7 nitrogen and oxygen atoms in total. The summed E-state index contributed by atoms with van der Waals surface area (Å²) in [5, 5.41) is 0. The van der Waals surface area contributed by atoms with Gasteiger partial charge in [-0.1, -0.05) is 45.0 Å². The van der Waals surface area contributed by atoms with Crippen LogP contribution in [0.25, 0.3) is 0 Å². The first kappa shape index (κ1) is 24.2. The minimum absolute atomic E-state index is 0.00832. The Labute approximate surface area is 199 Å². The number of carbonyl (C=O) groups excluding carboxylic acids is 2. The number of nitrogens with two attached hydrogens (primary N) is 1. The van der Waals surface area contributed by atoms with Gasteiger partial charge in [0.05, 0.1) is 23.2 Å². The van der Waals surface area contributed by atoms with Crippen molar-refractivity contribution < 1.29 is 27.1 Å². The second-order valence-electron chi connectivity index (χ2n) is 10.2. The monoisotopic (exact) mass is 488 g/mol. The zero-order valence-corrected chi connectivity index (χ0v) is 20.3. The van der Waals surface area contributed by atoms with Crippen LogP contribution in [0, 0.1) is 11.7 Å². The number of halogens is 1. The van der Waals surface area contributed by atoms with Gasteiger partial charge in [0.2, 0.25) is 0 Å². The molecule has 0 spiro atoms. The lowest BCUT2D eigenvalue weighted by molar-refractivity contribution is 0.0970. The van der Waals surface area contributed by atoms with E-state index in [4.69, 9.17) is 10.5 Å². The average molecular weight is 489 g/mol. The first-order valence-corrected chi connectivity index (χ1v) is 13.0. The number of hydrogen-bond acceptors (Lipinski definition) is 6. The molecule has 3 atom stereocenters. The molecule has 2 saturated heterocycles. The zero-order chi connectivity index (χ0) is 24.8. The molecule has 0 bridgehead atoms. The Hall–Kier alpha value is -2.94. The van der Waals surface area contributed by atoms with Crippen LogP contribution in [0.15, 0.2) is 36.4 Å². The molecule has 9 heteroatoms. The predicted octanol–water partition coefficient (Wildman–Crippen LogP) is 3.49. The third-order valence-electron chi connectivity index (χ3n) is 6.60. The molecule has 2 aliphatic rings. The lowest BCUT2D eigenvalue weighted by atomic mass is 9.86. The summed E-state index contributed by atoms with van der Waals surface area (Å²) in [4.78, 5) is 25.5. The Morgan fingerprint density at radius 3 is 2.59 bits per heavy atom. The van der Waals surface area contributed by atoms with E-state index < -0.39 is 39.8 Å². The number of benzene rings is 2. The van der Waals surface area contributed by atoms with Gasteiger partial charge in [0.1, 0.15) is 11.9 Å². The van der Waals surface area contributed by atoms with E-state index >= 15 is 0 Å². The topological polar surface area (TPSA) is 107 Å². The van der Waals surface area contributed by atoms with Crippen LogP contribution in [0.5, 0.6) is 0 Å². The van der Waals surface area contributed by atoms with Crippen LogP contribution in [-0.4, -0.2) is 49.3 Å². The number of amides is 1. The summed E-state index contributed by atoms with van der Waals surface area (Å²) in [7, 11) is -3.48. The van der Waals surface area contributed by atoms with Crippen molar-refractivity contribution in [1.29, 1.82) is 0 Å². The molecule has 1 amide bonds. The maximum Gasteiger partial charge on any atom is 0.410 e. The van der Waals surface area contributed by atoms with Crippen LogP contribution in [0.3, 0.4) is 0 Å². The van der Waals surface area contributed by atoms with E-state index in [0.717, 1.165) is 11.1 Å². The summed E-state index contributed by atoms with van der Waals surface area (Å²) in [5.41, 5.74) is 7.72. The molecule has 2 aromatic rings. The molecule has 34 heavy (non-hydrogen) atoms. The normalized spacial score (nSPS) is 23.9. The second-order valence-corrected chi connectivity index (χ2v) is 12.4. The number of anilines is 1. The zero-order valence-electron chi connectivity index (χ0n) is 19.5. The maximum absolute atomic E-state index is 14.2. The number of carbonyl (C=O) groups is 2. The Kier molecular flexibility index (Phi) is 6.18. The van der Waals surface area contributed by atoms with Gasteiger partial charge in [-0.25, -0.2) is 17.6 Å². The van der Waals surface area contributed by atoms with Crippen LogP contribution in [0.4, 0.5) is 14.9 Å². The van der Waals surface area contributed by atoms with E-state index in [9.17, 15) is 22.4 Å². The summed E-state index contributed by atoms with van der Waals surface area (Å²) in [6.07, 6.45) is -0.609. The molecular weight excluding hydrogens is 459 g/mol. The highest BCUT2D eigenvalue weighted by atomic mass is 32.2. The van der Waals surface area contributed by atoms with Crippen molar-refractivity contribution in [2.24, 2.45) is 5.92 Å². The fraction of sp³-hybridized carbons (Fsp3) is 0.440. The number of rotatable bonds is 5. The van der Waals surface area contributed by atoms with E-state index in [1.807, 2.05) is 24.3 Å². The minimum Gasteiger partial charge on any atom is -0.444 e. The quantitative estimate of drug-likeness (QED) is 0.510. The number of ether oxygens (including phenoxy) is 1. The molecule has 2 aliphatic heterocycles. The van der Waals surface area contributed by atoms with Crippen molar-refractivity contribution in [3.8, 4) is 0 Å². The van der Waals surface area contributed by atoms with Crippen LogP contribution >= 0.6 is 0 Å². The van der Waals surface area contributed by atoms with E-state index in [1.165, 1.54) is 17.0 Å². The van der Waals surface area contributed by atoms with E-state index in [1.54, 1.807) is 0 Å². The third kappa shape index (κ3) is 4.80. The number of sulfone groups is 1. The van der Waals surface area contributed by atoms with Crippen LogP contribution in [0.2, 0.25) is 0 Å². The Morgan fingerprint density at radius 1 is 1.18 bits per heavy atom. The van der Waals surface area contributed by atoms with Gasteiger partial charge in [-0.3, -0.25) is 9.69 Å². The standard InChI is InChI=1S/C25H29FN2O5S/c1-25(2,3)19-6-4-5-15(9-19)11-28-21-14-34(31,32)13-18(23(21)33-24(28)30)8-16-7-17(12-29)22(27)20(26)10-16/h4-7,9-10,12,18,21,23H,8,11,13-14,27H2,1-3H3/t18-,21+,23+/m1/s1.